The Balaban J connectivity index is 1.54. The molecule has 0 aliphatic carbocycles. The molecule has 0 bridgehead atoms. The van der Waals surface area contributed by atoms with Crippen molar-refractivity contribution in [3.05, 3.63) is 82.1 Å². The Hall–Kier alpha value is -4.62. The van der Waals surface area contributed by atoms with Crippen LogP contribution in [0.4, 0.5) is 22.3 Å². The molecule has 4 rings (SSSR count). The summed E-state index contributed by atoms with van der Waals surface area (Å²) in [5, 5.41) is 34.0. The number of nitrogens with two attached hydrogens (primary N) is 1. The molecule has 2 aromatic heterocycles. The molecule has 2 heterocycles. The zero-order valence-corrected chi connectivity index (χ0v) is 21.3. The standard InChI is InChI=1S/C26H20N6O4S2/c1-29-22-21(15-4-8-19(9-5-15)36-11-10-33)20(12-27)24(32-23(22)28)37-13-18-14-38-26(31-18)30-17-6-2-16(3-7-17)25(34)35/h2-9,14,33H,10-11,13H2,(H2,28,32)(H,30,31)(H,34,35). The number of nitrogens with one attached hydrogen (secondary N) is 1. The van der Waals surface area contributed by atoms with Crippen molar-refractivity contribution in [2.75, 3.05) is 24.3 Å². The number of anilines is 3. The maximum atomic E-state index is 11.0. The van der Waals surface area contributed by atoms with Crippen LogP contribution in [-0.2, 0) is 5.75 Å². The number of carboxylic acid groups (broad SMARTS) is 1. The van der Waals surface area contributed by atoms with Gasteiger partial charge in [0.1, 0.15) is 29.3 Å². The van der Waals surface area contributed by atoms with Gasteiger partial charge in [-0.25, -0.2) is 19.6 Å². The highest BCUT2D eigenvalue weighted by atomic mass is 32.2. The van der Waals surface area contributed by atoms with Crippen molar-refractivity contribution in [1.82, 2.24) is 9.97 Å². The normalized spacial score (nSPS) is 10.4. The zero-order chi connectivity index (χ0) is 27.1. The SMILES string of the molecule is [C-]#[N+]c1c(N)nc(SCc2csc(Nc3ccc(C(=O)O)cc3)n2)c(C#N)c1-c1ccc(OCCO)cc1. The second-order valence-electron chi connectivity index (χ2n) is 7.66. The number of aromatic carboxylic acids is 1. The van der Waals surface area contributed by atoms with E-state index >= 15 is 0 Å². The van der Waals surface area contributed by atoms with E-state index in [4.69, 9.17) is 27.3 Å². The number of pyridine rings is 1. The molecule has 0 saturated heterocycles. The van der Waals surface area contributed by atoms with E-state index in [-0.39, 0.29) is 35.8 Å². The second-order valence-corrected chi connectivity index (χ2v) is 9.48. The van der Waals surface area contributed by atoms with Crippen molar-refractivity contribution in [2.24, 2.45) is 0 Å². The molecule has 38 heavy (non-hydrogen) atoms. The fourth-order valence-corrected chi connectivity index (χ4v) is 5.17. The number of carbonyl (C=O) groups is 1. The van der Waals surface area contributed by atoms with Crippen LogP contribution in [0.25, 0.3) is 16.0 Å². The lowest BCUT2D eigenvalue weighted by Gasteiger charge is -2.13. The highest BCUT2D eigenvalue weighted by Gasteiger charge is 2.21. The minimum absolute atomic E-state index is 0.0301. The Kier molecular flexibility index (Phi) is 8.40. The van der Waals surface area contributed by atoms with E-state index in [2.05, 4.69) is 26.2 Å². The van der Waals surface area contributed by atoms with E-state index in [1.165, 1.54) is 35.2 Å². The summed E-state index contributed by atoms with van der Waals surface area (Å²) in [6.07, 6.45) is 0. The third kappa shape index (κ3) is 6.02. The Morgan fingerprint density at radius 1 is 1.21 bits per heavy atom. The van der Waals surface area contributed by atoms with Crippen molar-refractivity contribution in [3.8, 4) is 22.9 Å². The molecule has 12 heteroatoms. The lowest BCUT2D eigenvalue weighted by Crippen LogP contribution is -2.02. The Labute approximate surface area is 226 Å². The molecular formula is C26H20N6O4S2. The number of aliphatic hydroxyl groups excluding tert-OH is 1. The quantitative estimate of drug-likeness (QED) is 0.152. The van der Waals surface area contributed by atoms with Crippen molar-refractivity contribution < 1.29 is 19.7 Å². The van der Waals surface area contributed by atoms with Crippen LogP contribution in [0.2, 0.25) is 0 Å². The smallest absolute Gasteiger partial charge is 0.335 e. The second kappa shape index (κ2) is 12.1. The van der Waals surface area contributed by atoms with Gasteiger partial charge in [-0.05, 0) is 42.0 Å². The van der Waals surface area contributed by atoms with Crippen molar-refractivity contribution >= 4 is 51.4 Å². The third-order valence-corrected chi connectivity index (χ3v) is 7.00. The Bertz CT molecular complexity index is 1540. The average molecular weight is 545 g/mol. The topological polar surface area (TPSA) is 159 Å². The van der Waals surface area contributed by atoms with E-state index in [0.29, 0.717) is 38.5 Å². The van der Waals surface area contributed by atoms with Crippen LogP contribution in [0, 0.1) is 17.9 Å². The number of benzene rings is 2. The molecule has 0 saturated carbocycles. The molecule has 0 fully saturated rings. The molecule has 0 amide bonds. The van der Waals surface area contributed by atoms with Crippen molar-refractivity contribution in [2.45, 2.75) is 10.8 Å². The van der Waals surface area contributed by atoms with E-state index in [0.717, 1.165) is 5.69 Å². The molecule has 0 radical (unpaired) electrons. The Morgan fingerprint density at radius 3 is 2.58 bits per heavy atom. The number of nitriles is 1. The predicted molar refractivity (Wildman–Crippen MR) is 146 cm³/mol. The summed E-state index contributed by atoms with van der Waals surface area (Å²) in [7, 11) is 0. The van der Waals surface area contributed by atoms with Crippen LogP contribution >= 0.6 is 23.1 Å². The molecule has 0 atom stereocenters. The van der Waals surface area contributed by atoms with Crippen molar-refractivity contribution in [3.63, 3.8) is 0 Å². The van der Waals surface area contributed by atoms with Gasteiger partial charge in [0.15, 0.2) is 5.13 Å². The molecule has 10 nitrogen and oxygen atoms in total. The van der Waals surface area contributed by atoms with Crippen LogP contribution in [0.15, 0.2) is 58.9 Å². The first-order valence-corrected chi connectivity index (χ1v) is 12.9. The van der Waals surface area contributed by atoms with Crippen LogP contribution in [0.3, 0.4) is 0 Å². The van der Waals surface area contributed by atoms with Gasteiger partial charge < -0.3 is 26.0 Å². The van der Waals surface area contributed by atoms with E-state index < -0.39 is 5.97 Å². The van der Waals surface area contributed by atoms with Gasteiger partial charge in [0.2, 0.25) is 5.69 Å². The van der Waals surface area contributed by atoms with Gasteiger partial charge in [-0.15, -0.1) is 11.3 Å². The minimum atomic E-state index is -0.993. The number of thioether (sulfide) groups is 1. The number of hydrogen-bond donors (Lipinski definition) is 4. The summed E-state index contributed by atoms with van der Waals surface area (Å²) >= 11 is 2.67. The lowest BCUT2D eigenvalue weighted by atomic mass is 10.00. The number of thiazole rings is 1. The average Bonchev–Trinajstić information content (AvgIpc) is 3.38. The van der Waals surface area contributed by atoms with Gasteiger partial charge in [0.25, 0.3) is 0 Å². The molecule has 0 spiro atoms. The largest absolute Gasteiger partial charge is 0.491 e. The first kappa shape index (κ1) is 26.4. The van der Waals surface area contributed by atoms with Crippen LogP contribution in [-0.4, -0.2) is 39.4 Å². The maximum absolute atomic E-state index is 11.0. The van der Waals surface area contributed by atoms with Gasteiger partial charge in [-0.1, -0.05) is 23.9 Å². The number of aromatic nitrogens is 2. The van der Waals surface area contributed by atoms with Crippen LogP contribution < -0.4 is 15.8 Å². The van der Waals surface area contributed by atoms with E-state index in [9.17, 15) is 10.1 Å². The van der Waals surface area contributed by atoms with Gasteiger partial charge in [-0.2, -0.15) is 5.26 Å². The number of nitrogen functional groups attached to an aromatic ring is 1. The van der Waals surface area contributed by atoms with Gasteiger partial charge >= 0.3 is 5.97 Å². The number of carboxylic acids is 1. The number of rotatable bonds is 10. The van der Waals surface area contributed by atoms with Gasteiger partial charge in [-0.3, -0.25) is 0 Å². The monoisotopic (exact) mass is 544 g/mol. The Morgan fingerprint density at radius 2 is 1.95 bits per heavy atom. The number of ether oxygens (including phenoxy) is 1. The molecule has 4 aromatic rings. The summed E-state index contributed by atoms with van der Waals surface area (Å²) in [4.78, 5) is 23.4. The molecule has 0 unspecified atom stereocenters. The predicted octanol–water partition coefficient (Wildman–Crippen LogP) is 5.31. The lowest BCUT2D eigenvalue weighted by molar-refractivity contribution is 0.0697. The molecule has 2 aromatic carbocycles. The fourth-order valence-electron chi connectivity index (χ4n) is 3.45. The van der Waals surface area contributed by atoms with Crippen LogP contribution in [0.1, 0.15) is 21.6 Å². The molecule has 5 N–H and O–H groups in total. The number of aliphatic hydroxyl groups is 1. The summed E-state index contributed by atoms with van der Waals surface area (Å²) < 4.78 is 5.40. The summed E-state index contributed by atoms with van der Waals surface area (Å²) in [6.45, 7) is 7.65. The van der Waals surface area contributed by atoms with Crippen LogP contribution in [0.5, 0.6) is 5.75 Å². The van der Waals surface area contributed by atoms with Gasteiger partial charge in [0.05, 0.1) is 30.0 Å². The minimum Gasteiger partial charge on any atom is -0.491 e. The molecule has 190 valence electrons. The van der Waals surface area contributed by atoms with E-state index in [1.807, 2.05) is 5.38 Å². The fraction of sp³-hybridized carbons (Fsp3) is 0.115. The summed E-state index contributed by atoms with van der Waals surface area (Å²) in [5.74, 6) is -0.00878. The molecular weight excluding hydrogens is 524 g/mol. The highest BCUT2D eigenvalue weighted by Crippen LogP contribution is 2.42. The summed E-state index contributed by atoms with van der Waals surface area (Å²) in [5.41, 5.74) is 9.13. The summed E-state index contributed by atoms with van der Waals surface area (Å²) in [6, 6.07) is 15.4. The van der Waals surface area contributed by atoms with Crippen molar-refractivity contribution in [1.29, 1.82) is 5.26 Å². The zero-order valence-electron chi connectivity index (χ0n) is 19.7. The number of nitrogens with zero attached hydrogens (tertiary/aromatic N) is 4. The third-order valence-electron chi connectivity index (χ3n) is 5.18. The highest BCUT2D eigenvalue weighted by molar-refractivity contribution is 7.98. The van der Waals surface area contributed by atoms with Gasteiger partial charge in [0, 0.05) is 22.4 Å². The maximum Gasteiger partial charge on any atom is 0.335 e. The first-order chi connectivity index (χ1) is 18.4. The molecule has 0 aliphatic heterocycles. The van der Waals surface area contributed by atoms with E-state index in [1.54, 1.807) is 36.4 Å². The first-order valence-electron chi connectivity index (χ1n) is 11.1. The molecule has 0 aliphatic rings. The number of hydrogen-bond acceptors (Lipinski definition) is 10.